The lowest BCUT2D eigenvalue weighted by Crippen LogP contribution is -2.05. The SMILES string of the molecule is C=Cc1c(CC)c(Nc2ccccn2)n(O)c1Nc1ccccn1. The number of aromatic nitrogens is 3. The zero-order valence-electron chi connectivity index (χ0n) is 13.4. The third kappa shape index (κ3) is 2.94. The summed E-state index contributed by atoms with van der Waals surface area (Å²) >= 11 is 0. The molecule has 3 aromatic heterocycles. The maximum absolute atomic E-state index is 10.7. The Labute approximate surface area is 140 Å². The average Bonchev–Trinajstić information content (AvgIpc) is 2.88. The summed E-state index contributed by atoms with van der Waals surface area (Å²) in [7, 11) is 0. The molecule has 24 heavy (non-hydrogen) atoms. The summed E-state index contributed by atoms with van der Waals surface area (Å²) in [4.78, 5) is 8.48. The fourth-order valence-electron chi connectivity index (χ4n) is 2.57. The van der Waals surface area contributed by atoms with Crippen molar-refractivity contribution in [1.29, 1.82) is 0 Å². The van der Waals surface area contributed by atoms with Crippen molar-refractivity contribution >= 4 is 29.3 Å². The number of rotatable bonds is 6. The van der Waals surface area contributed by atoms with Gasteiger partial charge in [0.1, 0.15) is 11.6 Å². The molecule has 0 spiro atoms. The minimum Gasteiger partial charge on any atom is -0.425 e. The molecule has 0 saturated carbocycles. The van der Waals surface area contributed by atoms with Gasteiger partial charge in [0, 0.05) is 23.5 Å². The van der Waals surface area contributed by atoms with E-state index in [2.05, 4.69) is 27.2 Å². The molecule has 0 bridgehead atoms. The number of anilines is 4. The van der Waals surface area contributed by atoms with E-state index in [9.17, 15) is 5.21 Å². The van der Waals surface area contributed by atoms with Gasteiger partial charge in [-0.05, 0) is 30.7 Å². The Morgan fingerprint density at radius 3 is 2.08 bits per heavy atom. The van der Waals surface area contributed by atoms with E-state index in [0.29, 0.717) is 23.3 Å². The number of nitrogens with zero attached hydrogens (tertiary/aromatic N) is 3. The quantitative estimate of drug-likeness (QED) is 0.593. The fourth-order valence-corrected chi connectivity index (χ4v) is 2.57. The summed E-state index contributed by atoms with van der Waals surface area (Å²) < 4.78 is 1.08. The molecule has 6 heteroatoms. The van der Waals surface area contributed by atoms with Crippen LogP contribution in [0.15, 0.2) is 55.4 Å². The van der Waals surface area contributed by atoms with E-state index in [1.165, 1.54) is 0 Å². The number of pyridine rings is 2. The second-order valence-electron chi connectivity index (χ2n) is 5.14. The van der Waals surface area contributed by atoms with Crippen molar-refractivity contribution in [2.75, 3.05) is 10.6 Å². The van der Waals surface area contributed by atoms with E-state index in [1.54, 1.807) is 18.5 Å². The van der Waals surface area contributed by atoms with Gasteiger partial charge in [-0.1, -0.05) is 31.7 Å². The van der Waals surface area contributed by atoms with Crippen LogP contribution in [0.3, 0.4) is 0 Å². The molecule has 0 aromatic carbocycles. The van der Waals surface area contributed by atoms with Crippen LogP contribution in [0.1, 0.15) is 18.1 Å². The second-order valence-corrected chi connectivity index (χ2v) is 5.14. The van der Waals surface area contributed by atoms with E-state index >= 15 is 0 Å². The zero-order chi connectivity index (χ0) is 16.9. The van der Waals surface area contributed by atoms with Crippen LogP contribution >= 0.6 is 0 Å². The molecule has 0 amide bonds. The van der Waals surface area contributed by atoms with Crippen molar-refractivity contribution in [3.63, 3.8) is 0 Å². The third-order valence-electron chi connectivity index (χ3n) is 3.67. The van der Waals surface area contributed by atoms with E-state index in [0.717, 1.165) is 22.3 Å². The molecule has 0 saturated heterocycles. The molecule has 0 unspecified atom stereocenters. The van der Waals surface area contributed by atoms with Gasteiger partial charge in [-0.25, -0.2) is 9.97 Å². The topological polar surface area (TPSA) is 75.0 Å². The van der Waals surface area contributed by atoms with Crippen LogP contribution in [-0.4, -0.2) is 19.9 Å². The maximum atomic E-state index is 10.7. The maximum Gasteiger partial charge on any atom is 0.157 e. The van der Waals surface area contributed by atoms with Crippen LogP contribution in [0, 0.1) is 0 Å². The molecule has 3 heterocycles. The van der Waals surface area contributed by atoms with Crippen LogP contribution in [0.2, 0.25) is 0 Å². The lowest BCUT2D eigenvalue weighted by molar-refractivity contribution is 0.199. The normalized spacial score (nSPS) is 10.4. The minimum atomic E-state index is 0.513. The molecular formula is C18H19N5O. The van der Waals surface area contributed by atoms with Crippen molar-refractivity contribution < 1.29 is 5.21 Å². The summed E-state index contributed by atoms with van der Waals surface area (Å²) in [6.45, 7) is 5.90. The average molecular weight is 321 g/mol. The molecule has 0 aliphatic heterocycles. The molecule has 0 fully saturated rings. The molecule has 3 aromatic rings. The van der Waals surface area contributed by atoms with Gasteiger partial charge in [0.15, 0.2) is 11.6 Å². The first-order valence-electron chi connectivity index (χ1n) is 7.70. The summed E-state index contributed by atoms with van der Waals surface area (Å²) in [6.07, 6.45) is 5.83. The van der Waals surface area contributed by atoms with E-state index in [-0.39, 0.29) is 0 Å². The highest BCUT2D eigenvalue weighted by atomic mass is 16.5. The highest BCUT2D eigenvalue weighted by Gasteiger charge is 2.21. The van der Waals surface area contributed by atoms with Gasteiger partial charge in [0.05, 0.1) is 0 Å². The Morgan fingerprint density at radius 1 is 1.04 bits per heavy atom. The molecule has 0 radical (unpaired) electrons. The van der Waals surface area contributed by atoms with Crippen LogP contribution < -0.4 is 10.6 Å². The van der Waals surface area contributed by atoms with Crippen LogP contribution in [0.4, 0.5) is 23.3 Å². The van der Waals surface area contributed by atoms with E-state index in [4.69, 9.17) is 0 Å². The van der Waals surface area contributed by atoms with Gasteiger partial charge in [0.25, 0.3) is 0 Å². The Morgan fingerprint density at radius 2 is 1.62 bits per heavy atom. The van der Waals surface area contributed by atoms with Crippen molar-refractivity contribution in [1.82, 2.24) is 14.7 Å². The predicted molar refractivity (Wildman–Crippen MR) is 96.1 cm³/mol. The summed E-state index contributed by atoms with van der Waals surface area (Å²) in [5.74, 6) is 2.36. The summed E-state index contributed by atoms with van der Waals surface area (Å²) in [5, 5.41) is 17.0. The largest absolute Gasteiger partial charge is 0.425 e. The molecule has 3 N–H and O–H groups in total. The fraction of sp³-hybridized carbons (Fsp3) is 0.111. The monoisotopic (exact) mass is 321 g/mol. The van der Waals surface area contributed by atoms with Crippen LogP contribution in [0.25, 0.3) is 6.08 Å². The standard InChI is InChI=1S/C18H19N5O/c1-3-13-14(4-2)18(22-16-10-6-8-12-20-16)23(24)17(13)21-15-9-5-7-11-19-15/h3,5-12,24H,1,4H2,2H3,(H,19,21)(H,20,22). The van der Waals surface area contributed by atoms with Gasteiger partial charge in [0.2, 0.25) is 0 Å². The Bertz CT molecular complexity index is 828. The molecule has 0 aliphatic carbocycles. The lowest BCUT2D eigenvalue weighted by Gasteiger charge is -2.10. The molecule has 0 atom stereocenters. The van der Waals surface area contributed by atoms with Crippen LogP contribution in [0.5, 0.6) is 0 Å². The number of nitrogens with one attached hydrogen (secondary N) is 2. The number of hydrogen-bond acceptors (Lipinski definition) is 5. The first-order chi connectivity index (χ1) is 11.7. The molecule has 0 aliphatic rings. The van der Waals surface area contributed by atoms with Gasteiger partial charge in [-0.3, -0.25) is 0 Å². The zero-order valence-corrected chi connectivity index (χ0v) is 13.4. The van der Waals surface area contributed by atoms with Gasteiger partial charge < -0.3 is 15.8 Å². The van der Waals surface area contributed by atoms with Crippen molar-refractivity contribution in [2.45, 2.75) is 13.3 Å². The van der Waals surface area contributed by atoms with Crippen molar-refractivity contribution in [3.8, 4) is 0 Å². The highest BCUT2D eigenvalue weighted by molar-refractivity contribution is 5.78. The third-order valence-corrected chi connectivity index (χ3v) is 3.67. The van der Waals surface area contributed by atoms with Crippen molar-refractivity contribution in [2.24, 2.45) is 0 Å². The van der Waals surface area contributed by atoms with Gasteiger partial charge in [-0.15, -0.1) is 0 Å². The summed E-state index contributed by atoms with van der Waals surface area (Å²) in [5.41, 5.74) is 1.76. The van der Waals surface area contributed by atoms with E-state index < -0.39 is 0 Å². The Balaban J connectivity index is 2.04. The molecular weight excluding hydrogens is 302 g/mol. The van der Waals surface area contributed by atoms with E-state index in [1.807, 2.05) is 43.3 Å². The molecule has 3 rings (SSSR count). The molecule has 122 valence electrons. The van der Waals surface area contributed by atoms with Gasteiger partial charge in [-0.2, -0.15) is 4.73 Å². The minimum absolute atomic E-state index is 0.513. The first-order valence-corrected chi connectivity index (χ1v) is 7.70. The predicted octanol–water partition coefficient (Wildman–Crippen LogP) is 4.21. The Kier molecular flexibility index (Phi) is 4.47. The summed E-state index contributed by atoms with van der Waals surface area (Å²) in [6, 6.07) is 11.1. The van der Waals surface area contributed by atoms with Crippen molar-refractivity contribution in [3.05, 3.63) is 66.5 Å². The number of hydrogen-bond donors (Lipinski definition) is 3. The highest BCUT2D eigenvalue weighted by Crippen LogP contribution is 2.34. The lowest BCUT2D eigenvalue weighted by atomic mass is 10.1. The van der Waals surface area contributed by atoms with Gasteiger partial charge >= 0.3 is 0 Å². The smallest absolute Gasteiger partial charge is 0.157 e. The van der Waals surface area contributed by atoms with Crippen LogP contribution in [-0.2, 0) is 6.42 Å². The molecule has 6 nitrogen and oxygen atoms in total. The second kappa shape index (κ2) is 6.87. The first kappa shape index (κ1) is 15.6. The Hall–Kier alpha value is -3.28.